The lowest BCUT2D eigenvalue weighted by molar-refractivity contribution is -0.139. The molecule has 1 saturated carbocycles. The summed E-state index contributed by atoms with van der Waals surface area (Å²) in [5.41, 5.74) is 8.33. The molecule has 1 aliphatic carbocycles. The lowest BCUT2D eigenvalue weighted by Crippen LogP contribution is -2.50. The van der Waals surface area contributed by atoms with Gasteiger partial charge in [-0.15, -0.1) is 0 Å². The van der Waals surface area contributed by atoms with Crippen molar-refractivity contribution in [1.82, 2.24) is 4.90 Å². The molecule has 3 aromatic carbocycles. The molecule has 1 saturated heterocycles. The minimum Gasteiger partial charge on any atom is -0.398 e. The minimum atomic E-state index is -4.49. The number of halogens is 3. The molecule has 0 bridgehead atoms. The Morgan fingerprint density at radius 3 is 2.17 bits per heavy atom. The average molecular weight is 553 g/mol. The Kier molecular flexibility index (Phi) is 8.49. The summed E-state index contributed by atoms with van der Waals surface area (Å²) >= 11 is 0. The number of hydrogen-bond acceptors (Lipinski definition) is 5. The molecule has 1 heterocycles. The molecule has 0 atom stereocenters. The van der Waals surface area contributed by atoms with Crippen LogP contribution in [0.1, 0.15) is 31.2 Å². The average Bonchev–Trinajstić information content (AvgIpc) is 2.98. The van der Waals surface area contributed by atoms with Crippen molar-refractivity contribution in [3.05, 3.63) is 78.4 Å². The van der Waals surface area contributed by atoms with Crippen LogP contribution in [0.2, 0.25) is 0 Å². The molecule has 40 heavy (non-hydrogen) atoms. The van der Waals surface area contributed by atoms with Gasteiger partial charge in [0.15, 0.2) is 0 Å². The number of anilines is 3. The van der Waals surface area contributed by atoms with Crippen LogP contribution in [0.15, 0.2) is 72.8 Å². The molecular weight excluding hydrogens is 517 g/mol. The maximum atomic E-state index is 13.1. The summed E-state index contributed by atoms with van der Waals surface area (Å²) in [6.07, 6.45) is -1.50. The first-order valence-corrected chi connectivity index (χ1v) is 13.8. The third kappa shape index (κ3) is 6.88. The van der Waals surface area contributed by atoms with E-state index in [1.807, 2.05) is 23.1 Å². The van der Waals surface area contributed by atoms with Crippen molar-refractivity contribution >= 4 is 23.0 Å². The fraction of sp³-hybridized carbons (Fsp3) is 0.387. The molecule has 0 aromatic heterocycles. The summed E-state index contributed by atoms with van der Waals surface area (Å²) in [5, 5.41) is 3.20. The number of alkyl halides is 3. The molecule has 0 unspecified atom stereocenters. The molecule has 1 amide bonds. The zero-order chi connectivity index (χ0) is 28.1. The normalized spacial score (nSPS) is 19.9. The van der Waals surface area contributed by atoms with Gasteiger partial charge in [0, 0.05) is 49.3 Å². The highest BCUT2D eigenvalue weighted by Crippen LogP contribution is 2.36. The largest absolute Gasteiger partial charge is 0.418 e. The Morgan fingerprint density at radius 1 is 0.875 bits per heavy atom. The summed E-state index contributed by atoms with van der Waals surface area (Å²) in [4.78, 5) is 17.0. The van der Waals surface area contributed by atoms with Crippen LogP contribution in [0.4, 0.5) is 30.2 Å². The van der Waals surface area contributed by atoms with E-state index in [-0.39, 0.29) is 30.3 Å². The number of rotatable bonds is 7. The smallest absolute Gasteiger partial charge is 0.398 e. The lowest BCUT2D eigenvalue weighted by atomic mass is 9.92. The maximum absolute atomic E-state index is 13.1. The van der Waals surface area contributed by atoms with Gasteiger partial charge in [0.2, 0.25) is 5.91 Å². The standard InChI is InChI=1S/C31H35F3N4O2/c32-31(33,34)28-20-25(10-15-29(28)35)36-24-8-13-27(14-9-24)40-21-30(39)38-18-16-37(17-19-38)26-11-6-23(7-12-26)22-4-2-1-3-5-22/h1-7,10-12,15,20,24,27,36H,8-9,13-14,16-19,21,35H2. The highest BCUT2D eigenvalue weighted by Gasteiger charge is 2.33. The van der Waals surface area contributed by atoms with E-state index in [9.17, 15) is 18.0 Å². The molecule has 0 spiro atoms. The Balaban J connectivity index is 1.03. The molecular formula is C31H35F3N4O2. The van der Waals surface area contributed by atoms with Crippen LogP contribution in [-0.4, -0.2) is 55.7 Å². The number of amides is 1. The first kappa shape index (κ1) is 27.8. The zero-order valence-electron chi connectivity index (χ0n) is 22.4. The Hall–Kier alpha value is -3.72. The van der Waals surface area contributed by atoms with Crippen LogP contribution in [0.3, 0.4) is 0 Å². The van der Waals surface area contributed by atoms with E-state index >= 15 is 0 Å². The predicted octanol–water partition coefficient (Wildman–Crippen LogP) is 6.04. The van der Waals surface area contributed by atoms with E-state index in [1.54, 1.807) is 6.07 Å². The number of carbonyl (C=O) groups excluding carboxylic acids is 1. The van der Waals surface area contributed by atoms with Gasteiger partial charge < -0.3 is 25.6 Å². The first-order chi connectivity index (χ1) is 19.3. The first-order valence-electron chi connectivity index (χ1n) is 13.8. The van der Waals surface area contributed by atoms with Crippen LogP contribution in [0.5, 0.6) is 0 Å². The quantitative estimate of drug-likeness (QED) is 0.350. The molecule has 3 aromatic rings. The molecule has 2 aliphatic rings. The summed E-state index contributed by atoms with van der Waals surface area (Å²) in [6.45, 7) is 2.91. The fourth-order valence-corrected chi connectivity index (χ4v) is 5.49. The van der Waals surface area contributed by atoms with Crippen molar-refractivity contribution in [3.8, 4) is 11.1 Å². The van der Waals surface area contributed by atoms with Gasteiger partial charge in [0.1, 0.15) is 6.61 Å². The van der Waals surface area contributed by atoms with Crippen molar-refractivity contribution in [3.63, 3.8) is 0 Å². The van der Waals surface area contributed by atoms with Gasteiger partial charge in [-0.25, -0.2) is 0 Å². The van der Waals surface area contributed by atoms with Crippen molar-refractivity contribution < 1.29 is 22.7 Å². The van der Waals surface area contributed by atoms with E-state index in [4.69, 9.17) is 10.5 Å². The van der Waals surface area contributed by atoms with Crippen molar-refractivity contribution in [1.29, 1.82) is 0 Å². The Bertz CT molecular complexity index is 1270. The Morgan fingerprint density at radius 2 is 1.52 bits per heavy atom. The summed E-state index contributed by atoms with van der Waals surface area (Å²) in [5.74, 6) is 0.000813. The molecule has 3 N–H and O–H groups in total. The molecule has 5 rings (SSSR count). The molecule has 2 fully saturated rings. The van der Waals surface area contributed by atoms with E-state index in [0.717, 1.165) is 50.5 Å². The second-order valence-corrected chi connectivity index (χ2v) is 10.5. The number of carbonyl (C=O) groups is 1. The summed E-state index contributed by atoms with van der Waals surface area (Å²) in [7, 11) is 0. The minimum absolute atomic E-state index is 0.000813. The number of benzene rings is 3. The van der Waals surface area contributed by atoms with Crippen LogP contribution in [0.25, 0.3) is 11.1 Å². The summed E-state index contributed by atoms with van der Waals surface area (Å²) in [6, 6.07) is 22.8. The van der Waals surface area contributed by atoms with E-state index in [1.165, 1.54) is 17.2 Å². The zero-order valence-corrected chi connectivity index (χ0v) is 22.4. The van der Waals surface area contributed by atoms with Gasteiger partial charge in [-0.05, 0) is 67.1 Å². The lowest BCUT2D eigenvalue weighted by Gasteiger charge is -2.36. The number of piperazine rings is 1. The second-order valence-electron chi connectivity index (χ2n) is 10.5. The third-order valence-electron chi connectivity index (χ3n) is 7.82. The van der Waals surface area contributed by atoms with Crippen molar-refractivity contribution in [2.24, 2.45) is 0 Å². The molecule has 0 radical (unpaired) electrons. The van der Waals surface area contributed by atoms with Gasteiger partial charge >= 0.3 is 6.18 Å². The van der Waals surface area contributed by atoms with Gasteiger partial charge in [-0.2, -0.15) is 13.2 Å². The van der Waals surface area contributed by atoms with Gasteiger partial charge in [-0.3, -0.25) is 4.79 Å². The number of hydrogen-bond donors (Lipinski definition) is 2. The van der Waals surface area contributed by atoms with Crippen LogP contribution in [-0.2, 0) is 15.7 Å². The molecule has 1 aliphatic heterocycles. The van der Waals surface area contributed by atoms with Gasteiger partial charge in [0.25, 0.3) is 0 Å². The topological polar surface area (TPSA) is 70.8 Å². The van der Waals surface area contributed by atoms with Gasteiger partial charge in [-0.1, -0.05) is 42.5 Å². The van der Waals surface area contributed by atoms with E-state index < -0.39 is 11.7 Å². The number of nitrogens with zero attached hydrogens (tertiary/aromatic N) is 2. The molecule has 6 nitrogen and oxygen atoms in total. The molecule has 9 heteroatoms. The van der Waals surface area contributed by atoms with Crippen LogP contribution >= 0.6 is 0 Å². The SMILES string of the molecule is Nc1ccc(NC2CCC(OCC(=O)N3CCN(c4ccc(-c5ccccc5)cc4)CC3)CC2)cc1C(F)(F)F. The van der Waals surface area contributed by atoms with E-state index in [0.29, 0.717) is 18.8 Å². The Labute approximate surface area is 232 Å². The van der Waals surface area contributed by atoms with Crippen molar-refractivity contribution in [2.45, 2.75) is 44.0 Å². The third-order valence-corrected chi connectivity index (χ3v) is 7.82. The van der Waals surface area contributed by atoms with Crippen LogP contribution < -0.4 is 16.0 Å². The fourth-order valence-electron chi connectivity index (χ4n) is 5.49. The maximum Gasteiger partial charge on any atom is 0.418 e. The highest BCUT2D eigenvalue weighted by molar-refractivity contribution is 5.78. The predicted molar refractivity (Wildman–Crippen MR) is 152 cm³/mol. The number of nitrogens with two attached hydrogens (primary N) is 1. The highest BCUT2D eigenvalue weighted by atomic mass is 19.4. The van der Waals surface area contributed by atoms with Crippen LogP contribution in [0, 0.1) is 0 Å². The second kappa shape index (κ2) is 12.2. The van der Waals surface area contributed by atoms with Crippen molar-refractivity contribution in [2.75, 3.05) is 48.7 Å². The number of ether oxygens (including phenoxy) is 1. The van der Waals surface area contributed by atoms with Gasteiger partial charge in [0.05, 0.1) is 11.7 Å². The molecule has 212 valence electrons. The van der Waals surface area contributed by atoms with E-state index in [2.05, 4.69) is 46.6 Å². The number of nitrogens with one attached hydrogen (secondary N) is 1. The number of nitrogen functional groups attached to an aromatic ring is 1. The monoisotopic (exact) mass is 552 g/mol. The summed E-state index contributed by atoms with van der Waals surface area (Å²) < 4.78 is 45.4.